The van der Waals surface area contributed by atoms with Gasteiger partial charge in [-0.3, -0.25) is 4.90 Å². The molecule has 1 rings (SSSR count). The lowest BCUT2D eigenvalue weighted by Crippen LogP contribution is -2.24. The summed E-state index contributed by atoms with van der Waals surface area (Å²) in [4.78, 5) is 1.53. The molecular formula is C10H12BrF2NO. The summed E-state index contributed by atoms with van der Waals surface area (Å²) in [6.45, 7) is 0.182. The van der Waals surface area contributed by atoms with Crippen molar-refractivity contribution in [3.63, 3.8) is 0 Å². The van der Waals surface area contributed by atoms with Crippen LogP contribution in [0.2, 0.25) is 0 Å². The lowest BCUT2D eigenvalue weighted by atomic mass is 10.2. The second-order valence-corrected chi connectivity index (χ2v) is 4.23. The summed E-state index contributed by atoms with van der Waals surface area (Å²) in [6.07, 6.45) is -2.32. The largest absolute Gasteiger partial charge is 0.507 e. The molecule has 0 saturated heterocycles. The third kappa shape index (κ3) is 4.13. The van der Waals surface area contributed by atoms with E-state index >= 15 is 0 Å². The highest BCUT2D eigenvalue weighted by atomic mass is 79.9. The van der Waals surface area contributed by atoms with Gasteiger partial charge in [-0.2, -0.15) is 0 Å². The number of rotatable bonds is 4. The smallest absolute Gasteiger partial charge is 0.251 e. The Morgan fingerprint density at radius 3 is 2.67 bits per heavy atom. The van der Waals surface area contributed by atoms with E-state index in [1.165, 1.54) is 11.0 Å². The van der Waals surface area contributed by atoms with Gasteiger partial charge >= 0.3 is 0 Å². The fourth-order valence-corrected chi connectivity index (χ4v) is 1.69. The average molecular weight is 280 g/mol. The molecule has 1 aromatic carbocycles. The molecule has 0 heterocycles. The van der Waals surface area contributed by atoms with Crippen LogP contribution in [0.3, 0.4) is 0 Å². The van der Waals surface area contributed by atoms with E-state index in [9.17, 15) is 13.9 Å². The van der Waals surface area contributed by atoms with Gasteiger partial charge in [-0.25, -0.2) is 8.78 Å². The summed E-state index contributed by atoms with van der Waals surface area (Å²) in [6, 6.07) is 4.97. The zero-order valence-corrected chi connectivity index (χ0v) is 9.84. The molecule has 0 aliphatic heterocycles. The molecule has 0 bridgehead atoms. The van der Waals surface area contributed by atoms with Crippen molar-refractivity contribution in [2.75, 3.05) is 13.6 Å². The summed E-state index contributed by atoms with van der Waals surface area (Å²) in [7, 11) is 1.63. The number of hydrogen-bond donors (Lipinski definition) is 1. The second kappa shape index (κ2) is 5.42. The van der Waals surface area contributed by atoms with Gasteiger partial charge in [-0.05, 0) is 40.7 Å². The van der Waals surface area contributed by atoms with Crippen LogP contribution >= 0.6 is 15.9 Å². The maximum atomic E-state index is 12.0. The van der Waals surface area contributed by atoms with Crippen molar-refractivity contribution in [1.82, 2.24) is 4.90 Å². The van der Waals surface area contributed by atoms with Crippen molar-refractivity contribution in [2.24, 2.45) is 0 Å². The number of nitrogens with zero attached hydrogens (tertiary/aromatic N) is 1. The maximum Gasteiger partial charge on any atom is 0.251 e. The van der Waals surface area contributed by atoms with Crippen molar-refractivity contribution in [3.05, 3.63) is 28.2 Å². The van der Waals surface area contributed by atoms with Crippen LogP contribution in [0.25, 0.3) is 0 Å². The predicted molar refractivity (Wildman–Crippen MR) is 58.1 cm³/mol. The minimum Gasteiger partial charge on any atom is -0.507 e. The fraction of sp³-hybridized carbons (Fsp3) is 0.400. The number of benzene rings is 1. The Bertz CT molecular complexity index is 333. The number of aromatic hydroxyl groups is 1. The van der Waals surface area contributed by atoms with E-state index in [1.54, 1.807) is 19.2 Å². The fourth-order valence-electron chi connectivity index (χ4n) is 1.26. The normalized spacial score (nSPS) is 11.3. The Morgan fingerprint density at radius 1 is 1.47 bits per heavy atom. The van der Waals surface area contributed by atoms with Gasteiger partial charge in [0.1, 0.15) is 5.75 Å². The lowest BCUT2D eigenvalue weighted by Gasteiger charge is -2.16. The van der Waals surface area contributed by atoms with Crippen LogP contribution in [0.1, 0.15) is 5.56 Å². The highest BCUT2D eigenvalue weighted by molar-refractivity contribution is 9.10. The van der Waals surface area contributed by atoms with E-state index in [0.717, 1.165) is 5.56 Å². The number of hydrogen-bond acceptors (Lipinski definition) is 2. The molecule has 0 unspecified atom stereocenters. The van der Waals surface area contributed by atoms with E-state index in [2.05, 4.69) is 15.9 Å². The van der Waals surface area contributed by atoms with Crippen LogP contribution in [-0.2, 0) is 6.54 Å². The Kier molecular flexibility index (Phi) is 4.47. The molecule has 0 aliphatic rings. The van der Waals surface area contributed by atoms with E-state index in [0.29, 0.717) is 11.0 Å². The highest BCUT2D eigenvalue weighted by Crippen LogP contribution is 2.24. The minimum absolute atomic E-state index is 0.148. The van der Waals surface area contributed by atoms with Crippen molar-refractivity contribution >= 4 is 15.9 Å². The van der Waals surface area contributed by atoms with Crippen LogP contribution in [0.15, 0.2) is 22.7 Å². The highest BCUT2D eigenvalue weighted by Gasteiger charge is 2.08. The molecule has 2 nitrogen and oxygen atoms in total. The third-order valence-electron chi connectivity index (χ3n) is 1.91. The molecule has 0 atom stereocenters. The number of alkyl halides is 2. The van der Waals surface area contributed by atoms with Crippen molar-refractivity contribution < 1.29 is 13.9 Å². The standard InChI is InChI=1S/C10H12BrF2NO/c1-14(6-10(12)13)5-7-2-3-9(15)8(11)4-7/h2-4,10,15H,5-6H2,1H3. The summed E-state index contributed by atoms with van der Waals surface area (Å²) < 4.78 is 24.7. The van der Waals surface area contributed by atoms with Crippen LogP contribution in [0.4, 0.5) is 8.78 Å². The van der Waals surface area contributed by atoms with Crippen molar-refractivity contribution in [1.29, 1.82) is 0 Å². The lowest BCUT2D eigenvalue weighted by molar-refractivity contribution is 0.0975. The number of phenolic OH excluding ortho intramolecular Hbond substituents is 1. The Labute approximate surface area is 95.6 Å². The molecule has 0 amide bonds. The molecule has 15 heavy (non-hydrogen) atoms. The van der Waals surface area contributed by atoms with Gasteiger partial charge in [0.05, 0.1) is 11.0 Å². The molecule has 0 fully saturated rings. The molecule has 0 saturated carbocycles. The third-order valence-corrected chi connectivity index (χ3v) is 2.55. The molecule has 84 valence electrons. The van der Waals surface area contributed by atoms with Crippen molar-refractivity contribution in [3.8, 4) is 5.75 Å². The number of phenols is 1. The summed E-state index contributed by atoms with van der Waals surface area (Å²) in [5.74, 6) is 0.148. The van der Waals surface area contributed by atoms with E-state index in [4.69, 9.17) is 0 Å². The predicted octanol–water partition coefficient (Wildman–Crippen LogP) is 2.85. The first-order chi connectivity index (χ1) is 6.99. The first-order valence-corrected chi connectivity index (χ1v) is 5.22. The second-order valence-electron chi connectivity index (χ2n) is 3.37. The molecule has 1 N–H and O–H groups in total. The number of halogens is 3. The summed E-state index contributed by atoms with van der Waals surface area (Å²) in [5, 5.41) is 9.24. The van der Waals surface area contributed by atoms with Crippen LogP contribution in [0.5, 0.6) is 5.75 Å². The SMILES string of the molecule is CN(Cc1ccc(O)c(Br)c1)CC(F)F. The molecule has 0 aromatic heterocycles. The first kappa shape index (κ1) is 12.4. The van der Waals surface area contributed by atoms with Crippen LogP contribution < -0.4 is 0 Å². The van der Waals surface area contributed by atoms with Gasteiger partial charge in [0.2, 0.25) is 0 Å². The van der Waals surface area contributed by atoms with Crippen LogP contribution in [0, 0.1) is 0 Å². The molecular weight excluding hydrogens is 268 g/mol. The van der Waals surface area contributed by atoms with Gasteiger partial charge in [0.15, 0.2) is 0 Å². The maximum absolute atomic E-state index is 12.0. The van der Waals surface area contributed by atoms with Gasteiger partial charge in [-0.15, -0.1) is 0 Å². The van der Waals surface area contributed by atoms with E-state index in [-0.39, 0.29) is 12.3 Å². The van der Waals surface area contributed by atoms with Crippen LogP contribution in [-0.4, -0.2) is 30.0 Å². The molecule has 0 spiro atoms. The van der Waals surface area contributed by atoms with E-state index in [1.807, 2.05) is 0 Å². The topological polar surface area (TPSA) is 23.5 Å². The summed E-state index contributed by atoms with van der Waals surface area (Å²) >= 11 is 3.17. The van der Waals surface area contributed by atoms with Crippen molar-refractivity contribution in [2.45, 2.75) is 13.0 Å². The van der Waals surface area contributed by atoms with Gasteiger partial charge in [0, 0.05) is 6.54 Å². The molecule has 5 heteroatoms. The molecule has 0 radical (unpaired) electrons. The Hall–Kier alpha value is -0.680. The van der Waals surface area contributed by atoms with Gasteiger partial charge < -0.3 is 5.11 Å². The average Bonchev–Trinajstić information content (AvgIpc) is 2.10. The monoisotopic (exact) mass is 279 g/mol. The van der Waals surface area contributed by atoms with Gasteiger partial charge in [-0.1, -0.05) is 6.07 Å². The molecule has 0 aliphatic carbocycles. The zero-order chi connectivity index (χ0) is 11.4. The van der Waals surface area contributed by atoms with E-state index < -0.39 is 6.43 Å². The van der Waals surface area contributed by atoms with Gasteiger partial charge in [0.25, 0.3) is 6.43 Å². The quantitative estimate of drug-likeness (QED) is 0.916. The zero-order valence-electron chi connectivity index (χ0n) is 8.25. The Morgan fingerprint density at radius 2 is 2.13 bits per heavy atom. The molecule has 1 aromatic rings. The first-order valence-electron chi connectivity index (χ1n) is 4.43. The minimum atomic E-state index is -2.32. The summed E-state index contributed by atoms with van der Waals surface area (Å²) in [5.41, 5.74) is 0.878. The Balaban J connectivity index is 2.60.